The number of nitrogens with zero attached hydrogens (tertiary/aromatic N) is 3. The Balaban J connectivity index is 1.33. The minimum Gasteiger partial charge on any atom is -0.339 e. The number of carbonyl (C=O) groups is 1. The van der Waals surface area contributed by atoms with Crippen molar-refractivity contribution in [1.29, 1.82) is 0 Å². The lowest BCUT2D eigenvalue weighted by molar-refractivity contribution is -0.130. The Labute approximate surface area is 151 Å². The number of carbonyl (C=O) groups excluding carboxylic acids is 1. The van der Waals surface area contributed by atoms with E-state index in [-0.39, 0.29) is 5.91 Å². The molecule has 0 bridgehead atoms. The van der Waals surface area contributed by atoms with Crippen LogP contribution in [0.1, 0.15) is 10.6 Å². The smallest absolute Gasteiger partial charge is 0.232 e. The largest absolute Gasteiger partial charge is 0.339 e. The van der Waals surface area contributed by atoms with E-state index in [0.717, 1.165) is 50.6 Å². The predicted octanol–water partition coefficient (Wildman–Crippen LogP) is 2.76. The summed E-state index contributed by atoms with van der Waals surface area (Å²) >= 11 is 3.48. The zero-order valence-corrected chi connectivity index (χ0v) is 15.4. The fraction of sp³-hybridized carbons (Fsp3) is 0.444. The number of hydrogen-bond donors (Lipinski definition) is 0. The molecule has 24 heavy (non-hydrogen) atoms. The van der Waals surface area contributed by atoms with E-state index < -0.39 is 0 Å². The van der Waals surface area contributed by atoms with E-state index >= 15 is 0 Å². The minimum atomic E-state index is 0.258. The summed E-state index contributed by atoms with van der Waals surface area (Å²) in [5.41, 5.74) is 1.04. The lowest BCUT2D eigenvalue weighted by Gasteiger charge is -2.34. The highest BCUT2D eigenvalue weighted by molar-refractivity contribution is 7.99. The molecule has 0 N–H and O–H groups in total. The number of aromatic nitrogens is 1. The number of rotatable bonds is 7. The van der Waals surface area contributed by atoms with E-state index in [4.69, 9.17) is 0 Å². The lowest BCUT2D eigenvalue weighted by Crippen LogP contribution is -2.49. The second-order valence-electron chi connectivity index (χ2n) is 5.87. The summed E-state index contributed by atoms with van der Waals surface area (Å²) < 4.78 is 0. The second-order valence-corrected chi connectivity index (χ2v) is 7.88. The predicted molar refractivity (Wildman–Crippen MR) is 101 cm³/mol. The van der Waals surface area contributed by atoms with Gasteiger partial charge in [-0.15, -0.1) is 23.1 Å². The van der Waals surface area contributed by atoms with Gasteiger partial charge in [-0.1, -0.05) is 12.1 Å². The molecule has 4 nitrogen and oxygen atoms in total. The molecule has 0 aromatic carbocycles. The summed E-state index contributed by atoms with van der Waals surface area (Å²) in [4.78, 5) is 22.5. The van der Waals surface area contributed by atoms with Crippen molar-refractivity contribution in [3.8, 4) is 0 Å². The molecule has 128 valence electrons. The molecule has 0 atom stereocenters. The summed E-state index contributed by atoms with van der Waals surface area (Å²) in [5, 5.41) is 2.13. The van der Waals surface area contributed by atoms with Crippen LogP contribution in [0.2, 0.25) is 0 Å². The van der Waals surface area contributed by atoms with Gasteiger partial charge in [-0.3, -0.25) is 14.7 Å². The van der Waals surface area contributed by atoms with E-state index in [9.17, 15) is 4.79 Å². The van der Waals surface area contributed by atoms with Gasteiger partial charge in [0.05, 0.1) is 11.4 Å². The zero-order valence-electron chi connectivity index (χ0n) is 13.8. The molecule has 1 saturated heterocycles. The summed E-state index contributed by atoms with van der Waals surface area (Å²) in [5.74, 6) is 1.60. The third-order valence-electron chi connectivity index (χ3n) is 4.18. The molecule has 0 saturated carbocycles. The third-order valence-corrected chi connectivity index (χ3v) is 6.07. The highest BCUT2D eigenvalue weighted by Crippen LogP contribution is 2.13. The van der Waals surface area contributed by atoms with E-state index in [1.165, 1.54) is 4.88 Å². The van der Waals surface area contributed by atoms with Crippen molar-refractivity contribution in [1.82, 2.24) is 14.8 Å². The normalized spacial score (nSPS) is 15.6. The van der Waals surface area contributed by atoms with Crippen LogP contribution < -0.4 is 0 Å². The zero-order chi connectivity index (χ0) is 16.6. The first-order valence-electron chi connectivity index (χ1n) is 8.31. The highest BCUT2D eigenvalue weighted by Gasteiger charge is 2.20. The molecule has 1 fully saturated rings. The van der Waals surface area contributed by atoms with Crippen LogP contribution in [0.15, 0.2) is 41.9 Å². The topological polar surface area (TPSA) is 36.4 Å². The number of thioether (sulfide) groups is 1. The molecule has 1 amide bonds. The van der Waals surface area contributed by atoms with E-state index in [0.29, 0.717) is 5.75 Å². The summed E-state index contributed by atoms with van der Waals surface area (Å²) in [7, 11) is 0. The summed E-state index contributed by atoms with van der Waals surface area (Å²) in [6, 6.07) is 10.2. The quantitative estimate of drug-likeness (QED) is 0.760. The van der Waals surface area contributed by atoms with Gasteiger partial charge in [-0.25, -0.2) is 0 Å². The van der Waals surface area contributed by atoms with Crippen LogP contribution in [0.3, 0.4) is 0 Å². The van der Waals surface area contributed by atoms with Crippen LogP contribution in [-0.4, -0.2) is 59.2 Å². The van der Waals surface area contributed by atoms with Crippen molar-refractivity contribution in [2.45, 2.75) is 12.2 Å². The first kappa shape index (κ1) is 17.5. The van der Waals surface area contributed by atoms with Crippen molar-refractivity contribution in [3.05, 3.63) is 52.5 Å². The maximum Gasteiger partial charge on any atom is 0.232 e. The number of amides is 1. The molecular formula is C18H23N3OS2. The SMILES string of the molecule is O=C(CSCc1ccccn1)N1CCN(CCc2cccs2)CC1. The third kappa shape index (κ3) is 5.33. The van der Waals surface area contributed by atoms with Crippen LogP contribution in [0, 0.1) is 0 Å². The number of thiophene rings is 1. The Morgan fingerprint density at radius 1 is 1.17 bits per heavy atom. The van der Waals surface area contributed by atoms with Gasteiger partial charge in [-0.2, -0.15) is 0 Å². The fourth-order valence-corrected chi connectivity index (χ4v) is 4.30. The minimum absolute atomic E-state index is 0.258. The number of pyridine rings is 1. The van der Waals surface area contributed by atoms with E-state index in [2.05, 4.69) is 27.4 Å². The first-order chi connectivity index (χ1) is 11.8. The Morgan fingerprint density at radius 3 is 2.75 bits per heavy atom. The molecule has 1 aliphatic heterocycles. The average Bonchev–Trinajstić information content (AvgIpc) is 3.15. The van der Waals surface area contributed by atoms with E-state index in [1.54, 1.807) is 18.0 Å². The van der Waals surface area contributed by atoms with E-state index in [1.807, 2.05) is 34.4 Å². The van der Waals surface area contributed by atoms with Crippen LogP contribution in [0.4, 0.5) is 0 Å². The fourth-order valence-electron chi connectivity index (χ4n) is 2.76. The Hall–Kier alpha value is -1.37. The van der Waals surface area contributed by atoms with Crippen molar-refractivity contribution >= 4 is 29.0 Å². The maximum absolute atomic E-state index is 12.3. The molecule has 0 aliphatic carbocycles. The van der Waals surface area contributed by atoms with Gasteiger partial charge >= 0.3 is 0 Å². The number of piperazine rings is 1. The van der Waals surface area contributed by atoms with Crippen LogP contribution >= 0.6 is 23.1 Å². The average molecular weight is 362 g/mol. The molecule has 0 radical (unpaired) electrons. The van der Waals surface area contributed by atoms with Crippen molar-refractivity contribution < 1.29 is 4.79 Å². The Kier molecular flexibility index (Phi) is 6.69. The molecule has 6 heteroatoms. The monoisotopic (exact) mass is 361 g/mol. The molecule has 0 unspecified atom stereocenters. The molecule has 3 heterocycles. The van der Waals surface area contributed by atoms with Gasteiger partial charge in [0, 0.05) is 49.6 Å². The maximum atomic E-state index is 12.3. The lowest BCUT2D eigenvalue weighted by atomic mass is 10.2. The summed E-state index contributed by atoms with van der Waals surface area (Å²) in [6.45, 7) is 4.78. The van der Waals surface area contributed by atoms with Gasteiger partial charge in [0.25, 0.3) is 0 Å². The molecule has 1 aliphatic rings. The van der Waals surface area contributed by atoms with Crippen LogP contribution in [0.5, 0.6) is 0 Å². The molecule has 0 spiro atoms. The molecule has 2 aromatic rings. The van der Waals surface area contributed by atoms with Crippen molar-refractivity contribution in [3.63, 3.8) is 0 Å². The van der Waals surface area contributed by atoms with Gasteiger partial charge < -0.3 is 4.90 Å². The molecule has 3 rings (SSSR count). The van der Waals surface area contributed by atoms with Gasteiger partial charge in [0.2, 0.25) is 5.91 Å². The van der Waals surface area contributed by atoms with Gasteiger partial charge in [0.15, 0.2) is 0 Å². The van der Waals surface area contributed by atoms with Gasteiger partial charge in [0.1, 0.15) is 0 Å². The Morgan fingerprint density at radius 2 is 2.04 bits per heavy atom. The second kappa shape index (κ2) is 9.20. The van der Waals surface area contributed by atoms with Crippen LogP contribution in [0.25, 0.3) is 0 Å². The standard InChI is InChI=1S/C18H23N3OS2/c22-18(15-23-14-16-4-1-2-7-19-16)21-11-9-20(10-12-21)8-6-17-5-3-13-24-17/h1-5,7,13H,6,8-12,14-15H2. The van der Waals surface area contributed by atoms with Crippen molar-refractivity contribution in [2.75, 3.05) is 38.5 Å². The van der Waals surface area contributed by atoms with Crippen LogP contribution in [-0.2, 0) is 17.0 Å². The first-order valence-corrected chi connectivity index (χ1v) is 10.3. The number of hydrogen-bond acceptors (Lipinski definition) is 5. The van der Waals surface area contributed by atoms with Crippen molar-refractivity contribution in [2.24, 2.45) is 0 Å². The molecular weight excluding hydrogens is 338 g/mol. The summed E-state index contributed by atoms with van der Waals surface area (Å²) in [6.07, 6.45) is 2.92. The Bertz CT molecular complexity index is 610. The van der Waals surface area contributed by atoms with Gasteiger partial charge in [-0.05, 0) is 30.0 Å². The molecule has 2 aromatic heterocycles. The highest BCUT2D eigenvalue weighted by atomic mass is 32.2.